The molecule has 8 heteroatoms. The van der Waals surface area contributed by atoms with Crippen LogP contribution in [-0.2, 0) is 4.74 Å². The number of nitrogens with zero attached hydrogens (tertiary/aromatic N) is 2. The van der Waals surface area contributed by atoms with Crippen LogP contribution in [0.4, 0.5) is 13.2 Å². The quantitative estimate of drug-likeness (QED) is 0.433. The second kappa shape index (κ2) is 10.3. The molecule has 0 aromatic rings. The van der Waals surface area contributed by atoms with Gasteiger partial charge in [-0.1, -0.05) is 13.8 Å². The van der Waals surface area contributed by atoms with E-state index in [1.807, 2.05) is 18.7 Å². The lowest BCUT2D eigenvalue weighted by Gasteiger charge is -2.36. The number of guanidine groups is 1. The molecule has 0 saturated carbocycles. The van der Waals surface area contributed by atoms with Crippen molar-refractivity contribution in [2.45, 2.75) is 38.6 Å². The molecule has 1 rings (SSSR count). The number of rotatable bonds is 7. The molecule has 136 valence electrons. The van der Waals surface area contributed by atoms with Crippen LogP contribution in [-0.4, -0.2) is 67.4 Å². The highest BCUT2D eigenvalue weighted by Gasteiger charge is 2.27. The molecule has 1 unspecified atom stereocenters. The van der Waals surface area contributed by atoms with E-state index >= 15 is 0 Å². The number of nitrogens with one attached hydrogen (secondary N) is 1. The maximum absolute atomic E-state index is 12.0. The molecule has 0 aromatic carbocycles. The molecule has 1 aliphatic rings. The van der Waals surface area contributed by atoms with E-state index in [2.05, 4.69) is 33.8 Å². The Hall–Kier alpha value is -0.630. The number of aliphatic imine (C=N–C) groups is 1. The lowest BCUT2D eigenvalue weighted by Crippen LogP contribution is -2.49. The fourth-order valence-electron chi connectivity index (χ4n) is 2.24. The van der Waals surface area contributed by atoms with E-state index in [9.17, 15) is 13.2 Å². The largest absolute Gasteiger partial charge is 0.411 e. The monoisotopic (exact) mass is 355 g/mol. The predicted molar refractivity (Wildman–Crippen MR) is 90.1 cm³/mol. The minimum atomic E-state index is -4.25. The molecule has 1 aliphatic heterocycles. The van der Waals surface area contributed by atoms with E-state index in [-0.39, 0.29) is 6.61 Å². The maximum atomic E-state index is 12.0. The van der Waals surface area contributed by atoms with Crippen LogP contribution in [0.25, 0.3) is 0 Å². The smallest absolute Gasteiger partial charge is 0.372 e. The zero-order chi connectivity index (χ0) is 17.3. The molecule has 1 saturated heterocycles. The van der Waals surface area contributed by atoms with Crippen molar-refractivity contribution in [3.8, 4) is 0 Å². The molecule has 0 spiro atoms. The molecule has 1 N–H and O–H groups in total. The third kappa shape index (κ3) is 8.69. The van der Waals surface area contributed by atoms with Gasteiger partial charge in [0.2, 0.25) is 0 Å². The molecule has 1 heterocycles. The molecule has 0 amide bonds. The summed E-state index contributed by atoms with van der Waals surface area (Å²) in [5.41, 5.74) is 0. The van der Waals surface area contributed by atoms with Crippen molar-refractivity contribution in [1.29, 1.82) is 0 Å². The van der Waals surface area contributed by atoms with Gasteiger partial charge in [0.25, 0.3) is 0 Å². The van der Waals surface area contributed by atoms with Crippen molar-refractivity contribution in [3.05, 3.63) is 0 Å². The molecular weight excluding hydrogens is 327 g/mol. The Kier molecular flexibility index (Phi) is 9.12. The van der Waals surface area contributed by atoms with Gasteiger partial charge in [0.05, 0.1) is 0 Å². The van der Waals surface area contributed by atoms with Gasteiger partial charge in [0, 0.05) is 43.8 Å². The normalized spacial score (nSPS) is 20.2. The first-order chi connectivity index (χ1) is 10.8. The number of ether oxygens (including phenoxy) is 1. The highest BCUT2D eigenvalue weighted by Crippen LogP contribution is 2.24. The Morgan fingerprint density at radius 1 is 1.43 bits per heavy atom. The SMILES string of the molecule is CCNC(=NCCCOCC(F)(F)F)N1CCSC(C(C)C)C1. The van der Waals surface area contributed by atoms with Crippen molar-refractivity contribution in [3.63, 3.8) is 0 Å². The van der Waals surface area contributed by atoms with E-state index in [0.29, 0.717) is 24.1 Å². The first kappa shape index (κ1) is 20.4. The van der Waals surface area contributed by atoms with E-state index in [0.717, 1.165) is 31.3 Å². The van der Waals surface area contributed by atoms with Gasteiger partial charge in [-0.05, 0) is 19.3 Å². The summed E-state index contributed by atoms with van der Waals surface area (Å²) in [6.45, 7) is 8.51. The molecule has 0 bridgehead atoms. The number of thioether (sulfide) groups is 1. The van der Waals surface area contributed by atoms with Crippen LogP contribution in [0.2, 0.25) is 0 Å². The van der Waals surface area contributed by atoms with Crippen molar-refractivity contribution in [2.24, 2.45) is 10.9 Å². The Balaban J connectivity index is 2.40. The van der Waals surface area contributed by atoms with Gasteiger partial charge in [-0.2, -0.15) is 24.9 Å². The number of alkyl halides is 3. The summed E-state index contributed by atoms with van der Waals surface area (Å²) < 4.78 is 40.5. The van der Waals surface area contributed by atoms with Crippen LogP contribution in [0.3, 0.4) is 0 Å². The Morgan fingerprint density at radius 3 is 2.78 bits per heavy atom. The van der Waals surface area contributed by atoms with Gasteiger partial charge in [0.1, 0.15) is 6.61 Å². The summed E-state index contributed by atoms with van der Waals surface area (Å²) in [6, 6.07) is 0. The first-order valence-electron chi connectivity index (χ1n) is 8.13. The summed E-state index contributed by atoms with van der Waals surface area (Å²) >= 11 is 2.00. The molecule has 0 aliphatic carbocycles. The maximum Gasteiger partial charge on any atom is 0.411 e. The average molecular weight is 355 g/mol. The number of hydrogen-bond acceptors (Lipinski definition) is 3. The van der Waals surface area contributed by atoms with Gasteiger partial charge in [0.15, 0.2) is 5.96 Å². The molecule has 1 atom stereocenters. The summed E-state index contributed by atoms with van der Waals surface area (Å²) in [4.78, 5) is 6.78. The van der Waals surface area contributed by atoms with Crippen molar-refractivity contribution in [2.75, 3.05) is 45.1 Å². The van der Waals surface area contributed by atoms with Crippen molar-refractivity contribution in [1.82, 2.24) is 10.2 Å². The molecule has 4 nitrogen and oxygen atoms in total. The summed E-state index contributed by atoms with van der Waals surface area (Å²) in [6.07, 6.45) is -3.77. The van der Waals surface area contributed by atoms with E-state index in [1.54, 1.807) is 0 Å². The van der Waals surface area contributed by atoms with Gasteiger partial charge in [-0.15, -0.1) is 0 Å². The average Bonchev–Trinajstić information content (AvgIpc) is 2.48. The van der Waals surface area contributed by atoms with Crippen LogP contribution in [0.5, 0.6) is 0 Å². The Morgan fingerprint density at radius 2 is 2.17 bits per heavy atom. The van der Waals surface area contributed by atoms with E-state index in [4.69, 9.17) is 0 Å². The zero-order valence-corrected chi connectivity index (χ0v) is 15.0. The van der Waals surface area contributed by atoms with E-state index in [1.165, 1.54) is 0 Å². The second-order valence-electron chi connectivity index (χ2n) is 5.86. The fraction of sp³-hybridized carbons (Fsp3) is 0.933. The van der Waals surface area contributed by atoms with Crippen LogP contribution >= 0.6 is 11.8 Å². The van der Waals surface area contributed by atoms with Gasteiger partial charge < -0.3 is 15.0 Å². The third-order valence-electron chi connectivity index (χ3n) is 3.45. The minimum Gasteiger partial charge on any atom is -0.372 e. The van der Waals surface area contributed by atoms with Crippen LogP contribution < -0.4 is 5.32 Å². The fourth-order valence-corrected chi connectivity index (χ4v) is 3.54. The van der Waals surface area contributed by atoms with Crippen molar-refractivity contribution >= 4 is 17.7 Å². The summed E-state index contributed by atoms with van der Waals surface area (Å²) in [5, 5.41) is 3.86. The molecule has 1 fully saturated rings. The Labute approximate surface area is 141 Å². The lowest BCUT2D eigenvalue weighted by molar-refractivity contribution is -0.173. The first-order valence-corrected chi connectivity index (χ1v) is 9.17. The standard InChI is InChI=1S/C15H28F3N3OS/c1-4-19-14(20-6-5-8-22-11-15(16,17)18)21-7-9-23-13(10-21)12(2)3/h12-13H,4-11H2,1-3H3,(H,19,20). The number of hydrogen-bond donors (Lipinski definition) is 1. The van der Waals surface area contributed by atoms with Crippen LogP contribution in [0.15, 0.2) is 4.99 Å². The van der Waals surface area contributed by atoms with Gasteiger partial charge >= 0.3 is 6.18 Å². The molecule has 0 radical (unpaired) electrons. The molecular formula is C15H28F3N3OS. The van der Waals surface area contributed by atoms with Crippen molar-refractivity contribution < 1.29 is 17.9 Å². The summed E-state index contributed by atoms with van der Waals surface area (Å²) in [5.74, 6) is 2.54. The van der Waals surface area contributed by atoms with Gasteiger partial charge in [-0.25, -0.2) is 0 Å². The second-order valence-corrected chi connectivity index (χ2v) is 7.20. The summed E-state index contributed by atoms with van der Waals surface area (Å²) in [7, 11) is 0. The number of halogens is 3. The van der Waals surface area contributed by atoms with Gasteiger partial charge in [-0.3, -0.25) is 4.99 Å². The highest BCUT2D eigenvalue weighted by molar-refractivity contribution is 8.00. The predicted octanol–water partition coefficient (Wildman–Crippen LogP) is 2.99. The lowest BCUT2D eigenvalue weighted by atomic mass is 10.1. The zero-order valence-electron chi connectivity index (χ0n) is 14.2. The van der Waals surface area contributed by atoms with Crippen LogP contribution in [0.1, 0.15) is 27.2 Å². The molecule has 23 heavy (non-hydrogen) atoms. The topological polar surface area (TPSA) is 36.9 Å². The Bertz CT molecular complexity index is 364. The minimum absolute atomic E-state index is 0.0763. The third-order valence-corrected chi connectivity index (χ3v) is 4.99. The van der Waals surface area contributed by atoms with E-state index < -0.39 is 12.8 Å². The highest BCUT2D eigenvalue weighted by atomic mass is 32.2. The molecule has 0 aromatic heterocycles. The van der Waals surface area contributed by atoms with Crippen LogP contribution in [0, 0.1) is 5.92 Å².